The molecule has 9 rings (SSSR count). The molecule has 366 valence electrons. The fraction of sp³-hybridized carbons (Fsp3) is 0.153. The molecule has 0 fully saturated rings. The molecule has 9 aromatic rings. The number of aromatic carboxylic acids is 2. The highest BCUT2D eigenvalue weighted by atomic mass is 35.5. The van der Waals surface area contributed by atoms with Gasteiger partial charge in [-0.3, -0.25) is 5.32 Å². The number of carboxylic acid groups (broad SMARTS) is 2. The minimum atomic E-state index is -1.34. The number of fused-ring (bicyclic) bond motifs is 3. The molecule has 2 heterocycles. The first-order valence-electron chi connectivity index (χ1n) is 23.1. The van der Waals surface area contributed by atoms with Gasteiger partial charge < -0.3 is 34.6 Å². The Morgan fingerprint density at radius 3 is 1.99 bits per heavy atom. The van der Waals surface area contributed by atoms with Crippen molar-refractivity contribution in [3.63, 3.8) is 0 Å². The average Bonchev–Trinajstić information content (AvgIpc) is 3.64. The van der Waals surface area contributed by atoms with Gasteiger partial charge in [0.1, 0.15) is 18.4 Å². The van der Waals surface area contributed by atoms with E-state index >= 15 is 0 Å². The predicted molar refractivity (Wildman–Crippen MR) is 286 cm³/mol. The molecule has 13 heteroatoms. The lowest BCUT2D eigenvalue weighted by Crippen LogP contribution is -2.32. The monoisotopic (exact) mass is 982 g/mol. The lowest BCUT2D eigenvalue weighted by Gasteiger charge is -2.21. The zero-order valence-electron chi connectivity index (χ0n) is 41.0. The molecule has 0 spiro atoms. The Morgan fingerprint density at radius 1 is 0.736 bits per heavy atom. The minimum Gasteiger partial charge on any atom is -0.872 e. The quantitative estimate of drug-likeness (QED) is 0.0975. The van der Waals surface area contributed by atoms with Gasteiger partial charge in [0.15, 0.2) is 0 Å². The number of para-hydroxylation sites is 1. The van der Waals surface area contributed by atoms with Crippen molar-refractivity contribution < 1.29 is 44.1 Å². The van der Waals surface area contributed by atoms with E-state index in [1.165, 1.54) is 57.1 Å². The number of hydrogen-bond acceptors (Lipinski definition) is 7. The van der Waals surface area contributed by atoms with Gasteiger partial charge in [-0.2, -0.15) is 4.57 Å². The van der Waals surface area contributed by atoms with Crippen LogP contribution in [0.5, 0.6) is 11.5 Å². The second-order valence-corrected chi connectivity index (χ2v) is 18.0. The van der Waals surface area contributed by atoms with Crippen LogP contribution in [0.25, 0.3) is 50.3 Å². The number of carbonyl (C=O) groups is 3. The van der Waals surface area contributed by atoms with Crippen LogP contribution in [0.4, 0.5) is 16.2 Å². The van der Waals surface area contributed by atoms with Crippen molar-refractivity contribution in [2.45, 2.75) is 40.2 Å². The second kappa shape index (κ2) is 22.4. The number of halogens is 1. The first-order chi connectivity index (χ1) is 34.4. The molecule has 4 N–H and O–H groups in total. The van der Waals surface area contributed by atoms with E-state index in [2.05, 4.69) is 133 Å². The molecule has 0 aliphatic rings. The Hall–Kier alpha value is -8.61. The normalized spacial score (nSPS) is 11.0. The molecule has 0 atom stereocenters. The number of hydrogen-bond donors (Lipinski definition) is 4. The zero-order chi connectivity index (χ0) is 51.8. The highest BCUT2D eigenvalue weighted by Gasteiger charge is 2.21. The van der Waals surface area contributed by atoms with E-state index in [-0.39, 0.29) is 34.8 Å². The SMILES string of the molecule is CC(C)OC(=O)Nc1cccc(Cl)c1.Cc1cc(C=Cc2ccc3cc(N(C)C)ccc3[n+]2C)c(C)n1-c1ccccc1.O=C(O)c1cc2ccccc2c(Cc2c(O)c(C(=O)O)cc3ccccc23)c1[O-]. The van der Waals surface area contributed by atoms with Crippen LogP contribution in [-0.4, -0.2) is 58.1 Å². The number of nitrogens with one attached hydrogen (secondary N) is 1. The number of aromatic hydroxyl groups is 1. The molecule has 72 heavy (non-hydrogen) atoms. The maximum Gasteiger partial charge on any atom is 0.411 e. The van der Waals surface area contributed by atoms with Gasteiger partial charge in [-0.05, 0) is 133 Å². The van der Waals surface area contributed by atoms with Crippen molar-refractivity contribution in [3.8, 4) is 17.2 Å². The van der Waals surface area contributed by atoms with Crippen molar-refractivity contribution >= 4 is 85.6 Å². The third-order valence-electron chi connectivity index (χ3n) is 12.1. The number of carboxylic acids is 2. The molecule has 0 aliphatic carbocycles. The molecule has 0 aliphatic heterocycles. The van der Waals surface area contributed by atoms with Crippen LogP contribution < -0.4 is 19.9 Å². The van der Waals surface area contributed by atoms with Crippen LogP contribution in [0.2, 0.25) is 5.02 Å². The smallest absolute Gasteiger partial charge is 0.411 e. The molecular weight excluding hydrogens is 928 g/mol. The van der Waals surface area contributed by atoms with Crippen LogP contribution >= 0.6 is 11.6 Å². The number of carbonyl (C=O) groups excluding carboxylic acids is 1. The Balaban J connectivity index is 0.000000169. The first kappa shape index (κ1) is 51.2. The van der Waals surface area contributed by atoms with Gasteiger partial charge in [0, 0.05) is 83.1 Å². The molecule has 7 aromatic carbocycles. The van der Waals surface area contributed by atoms with E-state index in [0.29, 0.717) is 32.3 Å². The number of phenols is 1. The Kier molecular flexibility index (Phi) is 16.0. The zero-order valence-corrected chi connectivity index (χ0v) is 41.7. The Morgan fingerprint density at radius 2 is 1.36 bits per heavy atom. The molecule has 0 unspecified atom stereocenters. The molecule has 0 saturated carbocycles. The van der Waals surface area contributed by atoms with E-state index < -0.39 is 29.5 Å². The second-order valence-electron chi connectivity index (χ2n) is 17.6. The number of nitrogens with zero attached hydrogens (tertiary/aromatic N) is 3. The first-order valence-corrected chi connectivity index (χ1v) is 23.5. The number of amides is 1. The largest absolute Gasteiger partial charge is 0.872 e. The molecule has 0 bridgehead atoms. The third kappa shape index (κ3) is 11.7. The molecule has 2 aromatic heterocycles. The summed E-state index contributed by atoms with van der Waals surface area (Å²) in [5.74, 6) is -3.71. The summed E-state index contributed by atoms with van der Waals surface area (Å²) < 4.78 is 9.46. The number of anilines is 2. The van der Waals surface area contributed by atoms with Crippen molar-refractivity contribution in [2.75, 3.05) is 24.3 Å². The van der Waals surface area contributed by atoms with E-state index in [0.717, 1.165) is 0 Å². The summed E-state index contributed by atoms with van der Waals surface area (Å²) in [6.45, 7) is 7.92. The van der Waals surface area contributed by atoms with Crippen LogP contribution in [0.3, 0.4) is 0 Å². The van der Waals surface area contributed by atoms with Gasteiger partial charge in [-0.25, -0.2) is 14.4 Å². The standard InChI is InChI=1S/C26H28N3.C23H16O6.C10H12ClNO2/c1-19-17-21(20(2)29(19)24-9-7-6-8-10-24)11-13-23-14-12-22-18-25(27(3)4)15-16-26(22)28(23)5;24-20-16(14-7-3-1-5-12(14)9-18(20)22(26)27)11-17-15-8-4-2-6-13(15)10-19(21(17)25)23(28)29;1-7(2)14-10(13)12-9-5-3-4-8(11)6-9/h6-18H,1-5H3;1-10,24-25H,11H2,(H,26,27)(H,28,29);3-7H,1-2H3,(H,12,13)/q+1;;/p-1. The third-order valence-corrected chi connectivity index (χ3v) is 12.3. The van der Waals surface area contributed by atoms with Crippen molar-refractivity contribution in [1.29, 1.82) is 0 Å². The fourth-order valence-electron chi connectivity index (χ4n) is 8.55. The van der Waals surface area contributed by atoms with Gasteiger partial charge in [0.2, 0.25) is 11.2 Å². The number of benzene rings is 7. The predicted octanol–water partition coefficient (Wildman–Crippen LogP) is 12.4. The van der Waals surface area contributed by atoms with Crippen molar-refractivity contribution in [2.24, 2.45) is 7.05 Å². The van der Waals surface area contributed by atoms with Crippen LogP contribution in [0.1, 0.15) is 68.3 Å². The maximum atomic E-state index is 12.9. The Bertz CT molecular complexity index is 3410. The molecular formula is C59H55ClN4O8. The minimum absolute atomic E-state index is 0.103. The van der Waals surface area contributed by atoms with E-state index in [1.807, 2.05) is 0 Å². The van der Waals surface area contributed by atoms with Gasteiger partial charge >= 0.3 is 18.0 Å². The number of pyridine rings is 1. The molecule has 0 radical (unpaired) electrons. The highest BCUT2D eigenvalue weighted by Crippen LogP contribution is 2.38. The Labute approximate surface area is 422 Å². The van der Waals surface area contributed by atoms with Crippen molar-refractivity contribution in [3.05, 3.63) is 202 Å². The van der Waals surface area contributed by atoms with E-state index in [1.54, 1.807) is 86.6 Å². The lowest BCUT2D eigenvalue weighted by atomic mass is 9.90. The van der Waals surface area contributed by atoms with Crippen LogP contribution in [-0.2, 0) is 18.2 Å². The van der Waals surface area contributed by atoms with E-state index in [4.69, 9.17) is 16.3 Å². The van der Waals surface area contributed by atoms with Gasteiger partial charge in [0.25, 0.3) is 0 Å². The summed E-state index contributed by atoms with van der Waals surface area (Å²) in [6.07, 6.45) is 3.72. The molecule has 1 amide bonds. The summed E-state index contributed by atoms with van der Waals surface area (Å²) >= 11 is 5.74. The highest BCUT2D eigenvalue weighted by molar-refractivity contribution is 6.30. The van der Waals surface area contributed by atoms with Gasteiger partial charge in [0.05, 0.1) is 11.7 Å². The summed E-state index contributed by atoms with van der Waals surface area (Å²) in [7, 11) is 6.28. The summed E-state index contributed by atoms with van der Waals surface area (Å²) in [6, 6.07) is 47.2. The molecule has 12 nitrogen and oxygen atoms in total. The van der Waals surface area contributed by atoms with Crippen LogP contribution in [0.15, 0.2) is 152 Å². The maximum absolute atomic E-state index is 12.9. The number of rotatable bonds is 10. The van der Waals surface area contributed by atoms with Crippen molar-refractivity contribution in [1.82, 2.24) is 4.57 Å². The number of ether oxygens (including phenoxy) is 1. The van der Waals surface area contributed by atoms with E-state index in [9.17, 15) is 34.8 Å². The number of aromatic nitrogens is 2. The molecule has 0 saturated heterocycles. The average molecular weight is 984 g/mol. The fourth-order valence-corrected chi connectivity index (χ4v) is 8.74. The van der Waals surface area contributed by atoms with Gasteiger partial charge in [-0.15, -0.1) is 0 Å². The summed E-state index contributed by atoms with van der Waals surface area (Å²) in [4.78, 5) is 36.5. The van der Waals surface area contributed by atoms with Crippen LogP contribution in [0, 0.1) is 13.8 Å². The lowest BCUT2D eigenvalue weighted by molar-refractivity contribution is -0.646. The number of aryl methyl sites for hydroxylation is 2. The topological polar surface area (TPSA) is 168 Å². The van der Waals surface area contributed by atoms with Gasteiger partial charge in [-0.1, -0.05) is 90.1 Å². The summed E-state index contributed by atoms with van der Waals surface area (Å²) in [5, 5.41) is 49.2. The summed E-state index contributed by atoms with van der Waals surface area (Å²) in [5.41, 5.74) is 9.03.